The molecule has 0 N–H and O–H groups in total. The van der Waals surface area contributed by atoms with Crippen molar-refractivity contribution >= 4 is 51.5 Å². The topological polar surface area (TPSA) is 111 Å². The summed E-state index contributed by atoms with van der Waals surface area (Å²) in [4.78, 5) is 42.2. The van der Waals surface area contributed by atoms with Gasteiger partial charge in [-0.3, -0.25) is 24.3 Å². The van der Waals surface area contributed by atoms with Gasteiger partial charge in [0.1, 0.15) is 5.76 Å². The van der Waals surface area contributed by atoms with Gasteiger partial charge in [0.2, 0.25) is 5.91 Å². The quantitative estimate of drug-likeness (QED) is 0.166. The number of aromatic nitrogens is 2. The molecule has 33 heavy (non-hydrogen) atoms. The van der Waals surface area contributed by atoms with Crippen molar-refractivity contribution in [2.45, 2.75) is 11.7 Å². The maximum absolute atomic E-state index is 13.1. The van der Waals surface area contributed by atoms with E-state index in [2.05, 4.69) is 4.98 Å². The van der Waals surface area contributed by atoms with Crippen LogP contribution in [-0.4, -0.2) is 33.2 Å². The van der Waals surface area contributed by atoms with Crippen LogP contribution in [0.15, 0.2) is 75.2 Å². The predicted molar refractivity (Wildman–Crippen MR) is 126 cm³/mol. The first kappa shape index (κ1) is 22.6. The van der Waals surface area contributed by atoms with Crippen molar-refractivity contribution in [2.24, 2.45) is 0 Å². The van der Waals surface area contributed by atoms with Crippen LogP contribution in [0.25, 0.3) is 10.9 Å². The molecule has 168 valence electrons. The number of hydrogen-bond donors (Lipinski definition) is 0. The first-order valence-corrected chi connectivity index (χ1v) is 11.1. The number of nitrogens with zero attached hydrogens (tertiary/aromatic N) is 4. The average molecular weight is 485 g/mol. The highest BCUT2D eigenvalue weighted by Gasteiger charge is 2.18. The lowest BCUT2D eigenvalue weighted by atomic mass is 10.2. The largest absolute Gasteiger partial charge is 0.467 e. The molecule has 4 aromatic rings. The molecule has 0 atom stereocenters. The minimum absolute atomic E-state index is 0.00977. The van der Waals surface area contributed by atoms with Crippen LogP contribution in [0.3, 0.4) is 0 Å². The summed E-state index contributed by atoms with van der Waals surface area (Å²) < 4.78 is 6.84. The van der Waals surface area contributed by atoms with Gasteiger partial charge in [0, 0.05) is 29.9 Å². The van der Waals surface area contributed by atoms with Gasteiger partial charge in [-0.2, -0.15) is 0 Å². The monoisotopic (exact) mass is 484 g/mol. The van der Waals surface area contributed by atoms with Gasteiger partial charge in [-0.15, -0.1) is 0 Å². The van der Waals surface area contributed by atoms with Crippen LogP contribution in [0, 0.1) is 10.1 Å². The highest BCUT2D eigenvalue weighted by atomic mass is 35.5. The Hall–Kier alpha value is -3.63. The number of furan rings is 1. The third kappa shape index (κ3) is 4.91. The zero-order valence-electron chi connectivity index (χ0n) is 17.3. The second-order valence-corrected chi connectivity index (χ2v) is 8.42. The fraction of sp³-hybridized carbons (Fsp3) is 0.136. The number of nitro groups is 1. The van der Waals surface area contributed by atoms with E-state index in [0.29, 0.717) is 32.5 Å². The molecule has 0 radical (unpaired) electrons. The van der Waals surface area contributed by atoms with E-state index < -0.39 is 4.92 Å². The summed E-state index contributed by atoms with van der Waals surface area (Å²) in [5, 5.41) is 12.0. The summed E-state index contributed by atoms with van der Waals surface area (Å²) in [5.41, 5.74) is 0.612. The van der Waals surface area contributed by atoms with E-state index in [1.54, 1.807) is 37.4 Å². The number of anilines is 1. The van der Waals surface area contributed by atoms with E-state index in [1.807, 2.05) is 0 Å². The number of rotatable bonds is 7. The smallest absolute Gasteiger partial charge is 0.269 e. The summed E-state index contributed by atoms with van der Waals surface area (Å²) >= 11 is 7.18. The number of carbonyl (C=O) groups excluding carboxylic acids is 1. The van der Waals surface area contributed by atoms with E-state index in [0.717, 1.165) is 11.8 Å². The van der Waals surface area contributed by atoms with Gasteiger partial charge in [-0.25, -0.2) is 4.98 Å². The van der Waals surface area contributed by atoms with Gasteiger partial charge < -0.3 is 9.32 Å². The highest BCUT2D eigenvalue weighted by molar-refractivity contribution is 7.99. The lowest BCUT2D eigenvalue weighted by Gasteiger charge is -2.18. The summed E-state index contributed by atoms with van der Waals surface area (Å²) in [7, 11) is 1.58. The minimum Gasteiger partial charge on any atom is -0.467 e. The van der Waals surface area contributed by atoms with Crippen molar-refractivity contribution in [3.63, 3.8) is 0 Å². The van der Waals surface area contributed by atoms with E-state index in [1.165, 1.54) is 40.0 Å². The zero-order chi connectivity index (χ0) is 23.5. The summed E-state index contributed by atoms with van der Waals surface area (Å²) in [6.45, 7) is 0.159. The molecular formula is C22H17ClN4O5S. The molecule has 0 aliphatic rings. The molecule has 0 saturated heterocycles. The van der Waals surface area contributed by atoms with Crippen LogP contribution in [0.5, 0.6) is 0 Å². The zero-order valence-corrected chi connectivity index (χ0v) is 18.9. The number of fused-ring (bicyclic) bond motifs is 1. The standard InChI is InChI=1S/C22H17ClN4O5S/c1-25(15-5-7-16(8-6-15)27(30)31)20(28)13-33-22-24-19-11-14(23)4-9-18(19)21(29)26(22)12-17-3-2-10-32-17/h2-11H,12-13H2,1H3. The summed E-state index contributed by atoms with van der Waals surface area (Å²) in [6, 6.07) is 14.0. The van der Waals surface area contributed by atoms with Crippen LogP contribution >= 0.6 is 23.4 Å². The lowest BCUT2D eigenvalue weighted by molar-refractivity contribution is -0.384. The van der Waals surface area contributed by atoms with Crippen molar-refractivity contribution in [1.82, 2.24) is 9.55 Å². The third-order valence-electron chi connectivity index (χ3n) is 4.92. The third-order valence-corrected chi connectivity index (χ3v) is 6.12. The van der Waals surface area contributed by atoms with Gasteiger partial charge in [0.05, 0.1) is 34.4 Å². The molecule has 0 aliphatic heterocycles. The number of hydrogen-bond acceptors (Lipinski definition) is 7. The molecule has 2 aromatic carbocycles. The molecule has 0 bridgehead atoms. The Morgan fingerprint density at radius 2 is 2.00 bits per heavy atom. The predicted octanol–water partition coefficient (Wildman–Crippen LogP) is 4.35. The Morgan fingerprint density at radius 1 is 1.24 bits per heavy atom. The number of nitro benzene ring substituents is 1. The Kier molecular flexibility index (Phi) is 6.47. The maximum atomic E-state index is 13.1. The van der Waals surface area contributed by atoms with Gasteiger partial charge in [0.25, 0.3) is 11.2 Å². The summed E-state index contributed by atoms with van der Waals surface area (Å²) in [6.07, 6.45) is 1.52. The molecule has 4 rings (SSSR count). The molecule has 1 amide bonds. The van der Waals surface area contributed by atoms with Crippen LogP contribution in [0.4, 0.5) is 11.4 Å². The number of amides is 1. The number of thioether (sulfide) groups is 1. The van der Waals surface area contributed by atoms with Gasteiger partial charge in [-0.05, 0) is 42.5 Å². The molecule has 2 aromatic heterocycles. The second-order valence-electron chi connectivity index (χ2n) is 7.04. The van der Waals surface area contributed by atoms with Crippen LogP contribution in [-0.2, 0) is 11.3 Å². The van der Waals surface area contributed by atoms with Crippen LogP contribution in [0.2, 0.25) is 5.02 Å². The number of benzene rings is 2. The average Bonchev–Trinajstić information content (AvgIpc) is 3.32. The molecule has 0 spiro atoms. The number of halogens is 1. The minimum atomic E-state index is -0.503. The maximum Gasteiger partial charge on any atom is 0.269 e. The van der Waals surface area contributed by atoms with Crippen molar-refractivity contribution in [2.75, 3.05) is 17.7 Å². The molecule has 9 nitrogen and oxygen atoms in total. The van der Waals surface area contributed by atoms with Crippen LogP contribution in [0.1, 0.15) is 5.76 Å². The van der Waals surface area contributed by atoms with Gasteiger partial charge in [-0.1, -0.05) is 23.4 Å². The first-order valence-electron chi connectivity index (χ1n) is 9.70. The molecule has 2 heterocycles. The van der Waals surface area contributed by atoms with E-state index in [4.69, 9.17) is 16.0 Å². The molecule has 0 saturated carbocycles. The molecule has 0 unspecified atom stereocenters. The lowest BCUT2D eigenvalue weighted by Crippen LogP contribution is -2.29. The number of non-ortho nitro benzene ring substituents is 1. The summed E-state index contributed by atoms with van der Waals surface area (Å²) in [5.74, 6) is 0.298. The first-order chi connectivity index (χ1) is 15.8. The highest BCUT2D eigenvalue weighted by Crippen LogP contribution is 2.23. The second kappa shape index (κ2) is 9.47. The molecule has 0 fully saturated rings. The Labute approximate surface area is 196 Å². The van der Waals surface area contributed by atoms with Crippen molar-refractivity contribution in [1.29, 1.82) is 0 Å². The van der Waals surface area contributed by atoms with E-state index in [-0.39, 0.29) is 29.5 Å². The van der Waals surface area contributed by atoms with E-state index >= 15 is 0 Å². The van der Waals surface area contributed by atoms with Crippen molar-refractivity contribution < 1.29 is 14.1 Å². The molecule has 0 aliphatic carbocycles. The Bertz CT molecular complexity index is 1390. The normalized spacial score (nSPS) is 11.0. The Balaban J connectivity index is 1.60. The SMILES string of the molecule is CN(C(=O)CSc1nc2cc(Cl)ccc2c(=O)n1Cc1ccco1)c1ccc([N+](=O)[O-])cc1. The fourth-order valence-corrected chi connectivity index (χ4v) is 4.23. The van der Waals surface area contributed by atoms with Gasteiger partial charge in [0.15, 0.2) is 5.16 Å². The Morgan fingerprint density at radius 3 is 2.67 bits per heavy atom. The van der Waals surface area contributed by atoms with Crippen molar-refractivity contribution in [3.8, 4) is 0 Å². The molecule has 11 heteroatoms. The van der Waals surface area contributed by atoms with Gasteiger partial charge >= 0.3 is 0 Å². The van der Waals surface area contributed by atoms with Crippen molar-refractivity contribution in [3.05, 3.63) is 92.1 Å². The van der Waals surface area contributed by atoms with Crippen LogP contribution < -0.4 is 10.5 Å². The molecular weight excluding hydrogens is 468 g/mol. The van der Waals surface area contributed by atoms with E-state index in [9.17, 15) is 19.7 Å². The number of carbonyl (C=O) groups is 1. The fourth-order valence-electron chi connectivity index (χ4n) is 3.15.